The van der Waals surface area contributed by atoms with Crippen molar-refractivity contribution >= 4 is 11.8 Å². The van der Waals surface area contributed by atoms with Gasteiger partial charge >= 0.3 is 0 Å². The fourth-order valence-corrected chi connectivity index (χ4v) is 4.10. The number of ether oxygens (including phenoxy) is 1. The Kier molecular flexibility index (Phi) is 3.62. The van der Waals surface area contributed by atoms with Gasteiger partial charge in [-0.3, -0.25) is 0 Å². The van der Waals surface area contributed by atoms with Crippen LogP contribution in [0.2, 0.25) is 0 Å². The highest BCUT2D eigenvalue weighted by molar-refractivity contribution is 8.00. The van der Waals surface area contributed by atoms with Gasteiger partial charge in [-0.2, -0.15) is 0 Å². The van der Waals surface area contributed by atoms with Crippen molar-refractivity contribution in [1.82, 2.24) is 5.32 Å². The van der Waals surface area contributed by atoms with Gasteiger partial charge in [0.05, 0.1) is 12.6 Å². The first-order valence-electron chi connectivity index (χ1n) is 6.69. The van der Waals surface area contributed by atoms with Gasteiger partial charge in [0.15, 0.2) is 0 Å². The molecule has 0 aromatic heterocycles. The quantitative estimate of drug-likeness (QED) is 0.900. The van der Waals surface area contributed by atoms with E-state index in [0.29, 0.717) is 11.3 Å². The summed E-state index contributed by atoms with van der Waals surface area (Å²) in [5.41, 5.74) is 1.48. The molecule has 0 saturated carbocycles. The second-order valence-corrected chi connectivity index (χ2v) is 6.03. The molecule has 0 fully saturated rings. The summed E-state index contributed by atoms with van der Waals surface area (Å²) in [5.74, 6) is 1.15. The Bertz CT molecular complexity index is 433. The van der Waals surface area contributed by atoms with Crippen LogP contribution in [0.3, 0.4) is 0 Å². The minimum Gasteiger partial charge on any atom is -0.496 e. The van der Waals surface area contributed by atoms with Crippen molar-refractivity contribution in [2.75, 3.05) is 13.2 Å². The third-order valence-corrected chi connectivity index (χ3v) is 4.90. The van der Waals surface area contributed by atoms with Gasteiger partial charge in [0.2, 0.25) is 0 Å². The Hall–Kier alpha value is -0.930. The number of hydrogen-bond acceptors (Lipinski definition) is 3. The van der Waals surface area contributed by atoms with Gasteiger partial charge in [-0.25, -0.2) is 0 Å². The van der Waals surface area contributed by atoms with E-state index >= 15 is 0 Å². The summed E-state index contributed by atoms with van der Waals surface area (Å²) in [4.78, 5) is 1.43. The molecule has 2 nitrogen and oxygen atoms in total. The first-order valence-corrected chi connectivity index (χ1v) is 7.57. The molecular weight excluding hydrogens is 242 g/mol. The number of rotatable bonds is 4. The largest absolute Gasteiger partial charge is 0.496 e. The van der Waals surface area contributed by atoms with E-state index in [1.807, 2.05) is 11.8 Å². The van der Waals surface area contributed by atoms with Crippen molar-refractivity contribution in [2.24, 2.45) is 0 Å². The molecule has 2 heterocycles. The van der Waals surface area contributed by atoms with Crippen molar-refractivity contribution < 1.29 is 4.74 Å². The van der Waals surface area contributed by atoms with Crippen molar-refractivity contribution in [1.29, 1.82) is 0 Å². The lowest BCUT2D eigenvalue weighted by Gasteiger charge is -2.24. The van der Waals surface area contributed by atoms with E-state index in [1.54, 1.807) is 0 Å². The second kappa shape index (κ2) is 5.37. The molecule has 1 aromatic carbocycles. The lowest BCUT2D eigenvalue weighted by molar-refractivity contribution is 0.214. The van der Waals surface area contributed by atoms with Gasteiger partial charge < -0.3 is 10.1 Å². The van der Waals surface area contributed by atoms with Gasteiger partial charge in [-0.15, -0.1) is 11.8 Å². The lowest BCUT2D eigenvalue weighted by atomic mass is 10.0. The lowest BCUT2D eigenvalue weighted by Crippen LogP contribution is -2.39. The maximum absolute atomic E-state index is 5.76. The number of nitrogens with one attached hydrogen (secondary N) is 1. The molecule has 0 bridgehead atoms. The molecule has 2 aliphatic rings. The van der Waals surface area contributed by atoms with Crippen LogP contribution in [0, 0.1) is 0 Å². The maximum atomic E-state index is 5.76. The fraction of sp³-hybridized carbons (Fsp3) is 0.467. The Morgan fingerprint density at radius 2 is 2.33 bits per heavy atom. The molecule has 3 heteroatoms. The number of benzene rings is 1. The molecule has 0 saturated heterocycles. The van der Waals surface area contributed by atoms with Crippen LogP contribution < -0.4 is 5.32 Å². The molecule has 1 aromatic rings. The van der Waals surface area contributed by atoms with E-state index in [9.17, 15) is 0 Å². The first kappa shape index (κ1) is 12.1. The number of thioether (sulfide) groups is 1. The third kappa shape index (κ3) is 2.29. The van der Waals surface area contributed by atoms with Crippen molar-refractivity contribution in [3.63, 3.8) is 0 Å². The molecule has 0 aliphatic carbocycles. The summed E-state index contributed by atoms with van der Waals surface area (Å²) >= 11 is 1.99. The monoisotopic (exact) mass is 261 g/mol. The minimum atomic E-state index is 0.356. The van der Waals surface area contributed by atoms with Crippen molar-refractivity contribution in [3.8, 4) is 0 Å². The van der Waals surface area contributed by atoms with E-state index in [2.05, 4.69) is 42.6 Å². The summed E-state index contributed by atoms with van der Waals surface area (Å²) in [6, 6.07) is 9.09. The van der Waals surface area contributed by atoms with E-state index in [0.717, 1.165) is 31.8 Å². The highest BCUT2D eigenvalue weighted by atomic mass is 32.2. The van der Waals surface area contributed by atoms with Crippen LogP contribution in [0.25, 0.3) is 0 Å². The predicted octanol–water partition coefficient (Wildman–Crippen LogP) is 2.99. The Morgan fingerprint density at radius 1 is 1.44 bits per heavy atom. The molecule has 1 N–H and O–H groups in total. The molecule has 96 valence electrons. The topological polar surface area (TPSA) is 21.3 Å². The number of hydrogen-bond donors (Lipinski definition) is 1. The first-order chi connectivity index (χ1) is 8.88. The SMILES string of the molecule is CCNC(C1=CCCO1)C1Cc2ccccc2S1. The molecular formula is C15H19NOS. The van der Waals surface area contributed by atoms with Gasteiger partial charge in [0.1, 0.15) is 5.76 Å². The number of likely N-dealkylation sites (N-methyl/N-ethyl adjacent to an activating group) is 1. The van der Waals surface area contributed by atoms with Crippen LogP contribution in [0.4, 0.5) is 0 Å². The molecule has 0 radical (unpaired) electrons. The molecule has 2 unspecified atom stereocenters. The van der Waals surface area contributed by atoms with Crippen molar-refractivity contribution in [2.45, 2.75) is 36.0 Å². The summed E-state index contributed by atoms with van der Waals surface area (Å²) in [6.07, 6.45) is 4.44. The summed E-state index contributed by atoms with van der Waals surface area (Å²) in [5, 5.41) is 4.15. The highest BCUT2D eigenvalue weighted by Crippen LogP contribution is 2.40. The molecule has 2 aliphatic heterocycles. The Morgan fingerprint density at radius 3 is 3.06 bits per heavy atom. The smallest absolute Gasteiger partial charge is 0.110 e. The van der Waals surface area contributed by atoms with Crippen LogP contribution in [0.5, 0.6) is 0 Å². The highest BCUT2D eigenvalue weighted by Gasteiger charge is 2.32. The molecule has 0 amide bonds. The average Bonchev–Trinajstić information content (AvgIpc) is 3.04. The molecule has 18 heavy (non-hydrogen) atoms. The zero-order valence-corrected chi connectivity index (χ0v) is 11.5. The fourth-order valence-electron chi connectivity index (χ4n) is 2.68. The molecule has 0 spiro atoms. The molecule has 3 rings (SSSR count). The minimum absolute atomic E-state index is 0.356. The third-order valence-electron chi connectivity index (χ3n) is 3.51. The van der Waals surface area contributed by atoms with Crippen molar-refractivity contribution in [3.05, 3.63) is 41.7 Å². The summed E-state index contributed by atoms with van der Waals surface area (Å²) in [6.45, 7) is 4.00. The summed E-state index contributed by atoms with van der Waals surface area (Å²) in [7, 11) is 0. The van der Waals surface area contributed by atoms with Crippen LogP contribution in [-0.4, -0.2) is 24.4 Å². The Balaban J connectivity index is 1.77. The molecule has 2 atom stereocenters. The van der Waals surface area contributed by atoms with E-state index < -0.39 is 0 Å². The van der Waals surface area contributed by atoms with E-state index in [1.165, 1.54) is 10.5 Å². The Labute approximate surface area is 113 Å². The summed E-state index contributed by atoms with van der Waals surface area (Å²) < 4.78 is 5.76. The normalized spacial score (nSPS) is 23.4. The second-order valence-electron chi connectivity index (χ2n) is 4.75. The number of fused-ring (bicyclic) bond motifs is 1. The van der Waals surface area contributed by atoms with Crippen LogP contribution in [0.15, 0.2) is 41.0 Å². The van der Waals surface area contributed by atoms with Crippen LogP contribution in [-0.2, 0) is 11.2 Å². The van der Waals surface area contributed by atoms with Crippen LogP contribution in [0.1, 0.15) is 18.9 Å². The predicted molar refractivity (Wildman–Crippen MR) is 75.9 cm³/mol. The van der Waals surface area contributed by atoms with Gasteiger partial charge in [-0.05, 0) is 30.7 Å². The van der Waals surface area contributed by atoms with E-state index in [4.69, 9.17) is 4.74 Å². The van der Waals surface area contributed by atoms with Gasteiger partial charge in [-0.1, -0.05) is 25.1 Å². The van der Waals surface area contributed by atoms with Gasteiger partial charge in [0.25, 0.3) is 0 Å². The average molecular weight is 261 g/mol. The zero-order valence-electron chi connectivity index (χ0n) is 10.7. The van der Waals surface area contributed by atoms with Crippen LogP contribution >= 0.6 is 11.8 Å². The van der Waals surface area contributed by atoms with Gasteiger partial charge in [0, 0.05) is 16.6 Å². The standard InChI is InChI=1S/C15H19NOS/c1-2-16-15(12-7-5-9-17-12)14-10-11-6-3-4-8-13(11)18-14/h3-4,6-8,14-16H,2,5,9-10H2,1H3. The zero-order chi connectivity index (χ0) is 12.4. The van der Waals surface area contributed by atoms with E-state index in [-0.39, 0.29) is 0 Å². The maximum Gasteiger partial charge on any atom is 0.110 e.